The summed E-state index contributed by atoms with van der Waals surface area (Å²) in [4.78, 5) is 41.7. The van der Waals surface area contributed by atoms with Crippen molar-refractivity contribution in [3.05, 3.63) is 90.8 Å². The topological polar surface area (TPSA) is 91.0 Å². The van der Waals surface area contributed by atoms with Crippen LogP contribution in [0.3, 0.4) is 0 Å². The number of hydrogen-bond donors (Lipinski definition) is 2. The molecule has 0 bridgehead atoms. The molecular formula is C32H29N5O2. The molecule has 194 valence electrons. The predicted octanol–water partition coefficient (Wildman–Crippen LogP) is 6.19. The molecule has 2 fully saturated rings. The van der Waals surface area contributed by atoms with E-state index in [9.17, 15) is 9.59 Å². The summed E-state index contributed by atoms with van der Waals surface area (Å²) < 4.78 is 0. The summed E-state index contributed by atoms with van der Waals surface area (Å²) in [6, 6.07) is 23.0. The molecule has 39 heavy (non-hydrogen) atoms. The summed E-state index contributed by atoms with van der Waals surface area (Å²) >= 11 is 0. The normalized spacial score (nSPS) is 20.7. The van der Waals surface area contributed by atoms with E-state index in [1.807, 2.05) is 77.7 Å². The van der Waals surface area contributed by atoms with Gasteiger partial charge in [-0.25, -0.2) is 4.98 Å². The van der Waals surface area contributed by atoms with Crippen molar-refractivity contribution < 1.29 is 9.59 Å². The standard InChI is InChI=1S/C32H29N5O2/c38-31(34-25-13-14-26-27(18-25)36-30(35-26)24-9-5-15-33-19-24)29-17-22-8-3-4-10-28(22)37(29)32(39)23-12-11-20-6-1-2-7-21(20)16-23/h1-2,5-7,9,11-16,18-19,22,28-29H,3-4,8,10,17H2,(H,34,38)(H,35,36)/t22-,28-,29-/m0/s1. The number of nitrogens with one attached hydrogen (secondary N) is 2. The lowest BCUT2D eigenvalue weighted by Gasteiger charge is -2.33. The van der Waals surface area contributed by atoms with Crippen molar-refractivity contribution in [3.63, 3.8) is 0 Å². The van der Waals surface area contributed by atoms with Gasteiger partial charge >= 0.3 is 0 Å². The number of aromatic nitrogens is 3. The number of hydrogen-bond acceptors (Lipinski definition) is 4. The second kappa shape index (κ2) is 9.66. The van der Waals surface area contributed by atoms with E-state index in [1.165, 1.54) is 0 Å². The Morgan fingerprint density at radius 2 is 1.79 bits per heavy atom. The maximum atomic E-state index is 14.0. The second-order valence-corrected chi connectivity index (χ2v) is 10.7. The Kier molecular flexibility index (Phi) is 5.84. The molecule has 2 aliphatic rings. The molecule has 3 heterocycles. The Hall–Kier alpha value is -4.52. The highest BCUT2D eigenvalue weighted by Gasteiger charge is 2.47. The van der Waals surface area contributed by atoms with Crippen molar-refractivity contribution in [2.75, 3.05) is 5.32 Å². The summed E-state index contributed by atoms with van der Waals surface area (Å²) in [6.07, 6.45) is 8.45. The minimum atomic E-state index is -0.500. The minimum absolute atomic E-state index is 0.0552. The van der Waals surface area contributed by atoms with Gasteiger partial charge in [0.1, 0.15) is 11.9 Å². The van der Waals surface area contributed by atoms with Gasteiger partial charge in [0.15, 0.2) is 0 Å². The van der Waals surface area contributed by atoms with Crippen LogP contribution in [0.5, 0.6) is 0 Å². The molecule has 5 aromatic rings. The molecule has 3 aromatic carbocycles. The number of aromatic amines is 1. The van der Waals surface area contributed by atoms with Crippen LogP contribution in [-0.2, 0) is 4.79 Å². The number of carbonyl (C=O) groups is 2. The Bertz CT molecular complexity index is 1700. The van der Waals surface area contributed by atoms with E-state index >= 15 is 0 Å². The number of H-pyrrole nitrogens is 1. The summed E-state index contributed by atoms with van der Waals surface area (Å²) in [7, 11) is 0. The number of fused-ring (bicyclic) bond motifs is 3. The molecule has 2 amide bonds. The molecule has 1 saturated heterocycles. The molecule has 0 unspecified atom stereocenters. The van der Waals surface area contributed by atoms with Gasteiger partial charge in [-0.1, -0.05) is 43.2 Å². The van der Waals surface area contributed by atoms with Gasteiger partial charge in [-0.15, -0.1) is 0 Å². The van der Waals surface area contributed by atoms with Crippen LogP contribution in [0.15, 0.2) is 85.2 Å². The minimum Gasteiger partial charge on any atom is -0.338 e. The number of rotatable bonds is 4. The number of pyridine rings is 1. The zero-order chi connectivity index (χ0) is 26.3. The summed E-state index contributed by atoms with van der Waals surface area (Å²) in [5.74, 6) is 0.898. The van der Waals surface area contributed by atoms with E-state index in [2.05, 4.69) is 20.3 Å². The Morgan fingerprint density at radius 1 is 0.923 bits per heavy atom. The van der Waals surface area contributed by atoms with Crippen molar-refractivity contribution in [2.45, 2.75) is 44.2 Å². The van der Waals surface area contributed by atoms with Gasteiger partial charge < -0.3 is 15.2 Å². The van der Waals surface area contributed by atoms with Crippen LogP contribution >= 0.6 is 0 Å². The highest BCUT2D eigenvalue weighted by atomic mass is 16.2. The third-order valence-corrected chi connectivity index (χ3v) is 8.31. The molecule has 7 rings (SSSR count). The van der Waals surface area contributed by atoms with E-state index in [0.29, 0.717) is 23.6 Å². The van der Waals surface area contributed by atoms with Crippen molar-refractivity contribution in [2.24, 2.45) is 5.92 Å². The molecule has 1 saturated carbocycles. The molecule has 0 spiro atoms. The molecule has 2 aromatic heterocycles. The summed E-state index contributed by atoms with van der Waals surface area (Å²) in [5.41, 5.74) is 3.86. The predicted molar refractivity (Wildman–Crippen MR) is 152 cm³/mol. The zero-order valence-corrected chi connectivity index (χ0v) is 21.5. The monoisotopic (exact) mass is 515 g/mol. The molecular weight excluding hydrogens is 486 g/mol. The average molecular weight is 516 g/mol. The average Bonchev–Trinajstić information content (AvgIpc) is 3.59. The second-order valence-electron chi connectivity index (χ2n) is 10.7. The van der Waals surface area contributed by atoms with Crippen molar-refractivity contribution >= 4 is 39.3 Å². The number of anilines is 1. The fourth-order valence-corrected chi connectivity index (χ4v) is 6.41. The number of likely N-dealkylation sites (tertiary alicyclic amines) is 1. The van der Waals surface area contributed by atoms with Crippen molar-refractivity contribution in [1.29, 1.82) is 0 Å². The van der Waals surface area contributed by atoms with E-state index in [0.717, 1.165) is 58.9 Å². The lowest BCUT2D eigenvalue weighted by Crippen LogP contribution is -2.47. The van der Waals surface area contributed by atoms with E-state index in [4.69, 9.17) is 0 Å². The number of amides is 2. The molecule has 7 heteroatoms. The SMILES string of the molecule is O=C(Nc1ccc2nc(-c3cccnc3)[nH]c2c1)[C@@H]1C[C@@H]2CCCC[C@@H]2N1C(=O)c1ccc2ccccc2c1. The van der Waals surface area contributed by atoms with Gasteiger partial charge in [0, 0.05) is 35.2 Å². The van der Waals surface area contributed by atoms with E-state index in [1.54, 1.807) is 12.4 Å². The van der Waals surface area contributed by atoms with Crippen LogP contribution in [-0.4, -0.2) is 43.7 Å². The molecule has 3 atom stereocenters. The number of carbonyl (C=O) groups excluding carboxylic acids is 2. The quantitative estimate of drug-likeness (QED) is 0.299. The number of imidazole rings is 1. The highest BCUT2D eigenvalue weighted by Crippen LogP contribution is 2.41. The first-order valence-electron chi connectivity index (χ1n) is 13.7. The Morgan fingerprint density at radius 3 is 2.67 bits per heavy atom. The number of benzene rings is 3. The Balaban J connectivity index is 1.17. The van der Waals surface area contributed by atoms with Crippen molar-refractivity contribution in [3.8, 4) is 11.4 Å². The summed E-state index contributed by atoms with van der Waals surface area (Å²) in [5, 5.41) is 5.24. The highest BCUT2D eigenvalue weighted by molar-refractivity contribution is 6.04. The third kappa shape index (κ3) is 4.34. The fraction of sp³-hybridized carbons (Fsp3) is 0.250. The molecule has 0 radical (unpaired) electrons. The number of nitrogens with zero attached hydrogens (tertiary/aromatic N) is 3. The lowest BCUT2D eigenvalue weighted by atomic mass is 9.84. The smallest absolute Gasteiger partial charge is 0.254 e. The third-order valence-electron chi connectivity index (χ3n) is 8.31. The molecule has 2 N–H and O–H groups in total. The van der Waals surface area contributed by atoms with Gasteiger partial charge in [-0.05, 0) is 78.4 Å². The first kappa shape index (κ1) is 23.6. The van der Waals surface area contributed by atoms with Crippen LogP contribution in [0, 0.1) is 5.92 Å². The summed E-state index contributed by atoms with van der Waals surface area (Å²) in [6.45, 7) is 0. The van der Waals surface area contributed by atoms with Gasteiger partial charge in [-0.3, -0.25) is 14.6 Å². The Labute approximate surface area is 226 Å². The van der Waals surface area contributed by atoms with Crippen LogP contribution < -0.4 is 5.32 Å². The van der Waals surface area contributed by atoms with Crippen LogP contribution in [0.1, 0.15) is 42.5 Å². The maximum Gasteiger partial charge on any atom is 0.254 e. The van der Waals surface area contributed by atoms with E-state index in [-0.39, 0.29) is 17.9 Å². The van der Waals surface area contributed by atoms with Crippen molar-refractivity contribution in [1.82, 2.24) is 19.9 Å². The lowest BCUT2D eigenvalue weighted by molar-refractivity contribution is -0.120. The van der Waals surface area contributed by atoms with Crippen LogP contribution in [0.2, 0.25) is 0 Å². The fourth-order valence-electron chi connectivity index (χ4n) is 6.41. The molecule has 7 nitrogen and oxygen atoms in total. The van der Waals surface area contributed by atoms with Crippen LogP contribution in [0.25, 0.3) is 33.2 Å². The van der Waals surface area contributed by atoms with E-state index < -0.39 is 6.04 Å². The molecule has 1 aliphatic heterocycles. The molecule has 1 aliphatic carbocycles. The van der Waals surface area contributed by atoms with Gasteiger partial charge in [0.25, 0.3) is 5.91 Å². The van der Waals surface area contributed by atoms with Gasteiger partial charge in [0.2, 0.25) is 5.91 Å². The maximum absolute atomic E-state index is 14.0. The van der Waals surface area contributed by atoms with Gasteiger partial charge in [0.05, 0.1) is 11.0 Å². The first-order chi connectivity index (χ1) is 19.1. The first-order valence-corrected chi connectivity index (χ1v) is 13.7. The van der Waals surface area contributed by atoms with Gasteiger partial charge in [-0.2, -0.15) is 0 Å². The van der Waals surface area contributed by atoms with Crippen LogP contribution in [0.4, 0.5) is 5.69 Å². The largest absolute Gasteiger partial charge is 0.338 e. The zero-order valence-electron chi connectivity index (χ0n) is 21.5.